The van der Waals surface area contributed by atoms with Gasteiger partial charge in [-0.1, -0.05) is 50.1 Å². The van der Waals surface area contributed by atoms with E-state index in [4.69, 9.17) is 12.2 Å². The molecule has 2 aromatic carbocycles. The molecule has 7 heteroatoms. The second kappa shape index (κ2) is 6.96. The number of rotatable bonds is 2. The summed E-state index contributed by atoms with van der Waals surface area (Å²) in [6.45, 7) is 0. The van der Waals surface area contributed by atoms with E-state index in [0.29, 0.717) is 5.69 Å². The molecule has 1 N–H and O–H groups in total. The van der Waals surface area contributed by atoms with Crippen molar-refractivity contribution in [2.24, 2.45) is 0 Å². The number of benzene rings is 2. The second-order valence-electron chi connectivity index (χ2n) is 4.99. The Hall–Kier alpha value is -1.83. The van der Waals surface area contributed by atoms with Gasteiger partial charge in [0.25, 0.3) is 11.8 Å². The van der Waals surface area contributed by atoms with Crippen LogP contribution in [0.3, 0.4) is 0 Å². The van der Waals surface area contributed by atoms with Gasteiger partial charge in [-0.2, -0.15) is 0 Å². The fraction of sp³-hybridized carbons (Fsp3) is 0. The minimum absolute atomic E-state index is 0.0332. The van der Waals surface area contributed by atoms with Gasteiger partial charge in [0.1, 0.15) is 5.57 Å². The molecule has 0 atom stereocenters. The van der Waals surface area contributed by atoms with Crippen LogP contribution in [0, 0.1) is 0 Å². The van der Waals surface area contributed by atoms with Crippen LogP contribution < -0.4 is 10.2 Å². The average Bonchev–Trinajstić information content (AvgIpc) is 2.53. The number of carbonyl (C=O) groups excluding carboxylic acids is 2. The summed E-state index contributed by atoms with van der Waals surface area (Å²) in [5.74, 6) is -0.955. The van der Waals surface area contributed by atoms with Gasteiger partial charge in [0, 0.05) is 8.95 Å². The van der Waals surface area contributed by atoms with Crippen LogP contribution in [0.1, 0.15) is 5.56 Å². The van der Waals surface area contributed by atoms with Gasteiger partial charge in [-0.3, -0.25) is 19.8 Å². The summed E-state index contributed by atoms with van der Waals surface area (Å²) < 4.78 is 1.73. The van der Waals surface area contributed by atoms with Crippen molar-refractivity contribution in [2.75, 3.05) is 4.90 Å². The van der Waals surface area contributed by atoms with Crippen molar-refractivity contribution in [3.63, 3.8) is 0 Å². The Kier molecular flexibility index (Phi) is 4.93. The minimum Gasteiger partial charge on any atom is -0.298 e. The Balaban J connectivity index is 2.01. The monoisotopic (exact) mass is 464 g/mol. The molecule has 0 aliphatic carbocycles. The molecule has 0 saturated carbocycles. The fourth-order valence-corrected chi connectivity index (χ4v) is 3.17. The molecule has 0 bridgehead atoms. The van der Waals surface area contributed by atoms with Crippen LogP contribution >= 0.6 is 44.1 Å². The third-order valence-electron chi connectivity index (χ3n) is 3.35. The molecule has 3 rings (SSSR count). The van der Waals surface area contributed by atoms with Gasteiger partial charge >= 0.3 is 0 Å². The van der Waals surface area contributed by atoms with Gasteiger partial charge in [-0.15, -0.1) is 0 Å². The zero-order chi connectivity index (χ0) is 17.3. The largest absolute Gasteiger partial charge is 0.298 e. The smallest absolute Gasteiger partial charge is 0.270 e. The van der Waals surface area contributed by atoms with E-state index in [-0.39, 0.29) is 10.7 Å². The molecule has 1 heterocycles. The van der Waals surface area contributed by atoms with E-state index in [1.807, 2.05) is 30.3 Å². The summed E-state index contributed by atoms with van der Waals surface area (Å²) in [7, 11) is 0. The van der Waals surface area contributed by atoms with Crippen molar-refractivity contribution in [3.05, 3.63) is 68.6 Å². The van der Waals surface area contributed by atoms with E-state index in [2.05, 4.69) is 37.2 Å². The molecule has 0 aromatic heterocycles. The molecule has 0 radical (unpaired) electrons. The lowest BCUT2D eigenvalue weighted by molar-refractivity contribution is -0.122. The lowest BCUT2D eigenvalue weighted by Gasteiger charge is -2.29. The van der Waals surface area contributed by atoms with Gasteiger partial charge in [0.15, 0.2) is 5.11 Å². The lowest BCUT2D eigenvalue weighted by atomic mass is 10.1. The first kappa shape index (κ1) is 17.0. The summed E-state index contributed by atoms with van der Waals surface area (Å²) in [5, 5.41) is 2.63. The molecule has 120 valence electrons. The quantitative estimate of drug-likeness (QED) is 0.413. The van der Waals surface area contributed by atoms with E-state index < -0.39 is 11.8 Å². The van der Waals surface area contributed by atoms with Crippen molar-refractivity contribution < 1.29 is 9.59 Å². The normalized spacial score (nSPS) is 16.5. The first-order valence-corrected chi connectivity index (χ1v) is 8.88. The molecule has 0 spiro atoms. The molecular weight excluding hydrogens is 456 g/mol. The molecule has 1 fully saturated rings. The van der Waals surface area contributed by atoms with Gasteiger partial charge in [0.05, 0.1) is 5.69 Å². The highest BCUT2D eigenvalue weighted by atomic mass is 79.9. The number of thiocarbonyl (C=S) groups is 1. The van der Waals surface area contributed by atoms with Crippen molar-refractivity contribution in [3.8, 4) is 0 Å². The Labute approximate surface area is 160 Å². The number of nitrogens with one attached hydrogen (secondary N) is 1. The Morgan fingerprint density at radius 1 is 1.00 bits per heavy atom. The van der Waals surface area contributed by atoms with Crippen molar-refractivity contribution in [1.29, 1.82) is 0 Å². The Morgan fingerprint density at radius 2 is 1.71 bits per heavy atom. The predicted octanol–water partition coefficient (Wildman–Crippen LogP) is 4.04. The number of amides is 2. The highest BCUT2D eigenvalue weighted by Gasteiger charge is 2.34. The van der Waals surface area contributed by atoms with Crippen molar-refractivity contribution in [1.82, 2.24) is 5.32 Å². The molecule has 4 nitrogen and oxygen atoms in total. The van der Waals surface area contributed by atoms with Gasteiger partial charge < -0.3 is 0 Å². The van der Waals surface area contributed by atoms with Gasteiger partial charge in [-0.25, -0.2) is 0 Å². The molecule has 0 unspecified atom stereocenters. The third-order valence-corrected chi connectivity index (χ3v) is 4.66. The second-order valence-corrected chi connectivity index (χ2v) is 7.21. The zero-order valence-corrected chi connectivity index (χ0v) is 16.1. The van der Waals surface area contributed by atoms with E-state index >= 15 is 0 Å². The van der Waals surface area contributed by atoms with E-state index in [1.54, 1.807) is 24.3 Å². The van der Waals surface area contributed by atoms with Crippen LogP contribution in [0.25, 0.3) is 6.08 Å². The minimum atomic E-state index is -0.501. The number of carbonyl (C=O) groups is 2. The number of nitrogens with zero attached hydrogens (tertiary/aromatic N) is 1. The average molecular weight is 466 g/mol. The maximum atomic E-state index is 12.8. The van der Waals surface area contributed by atoms with Crippen LogP contribution in [0.4, 0.5) is 5.69 Å². The van der Waals surface area contributed by atoms with Gasteiger partial charge in [-0.05, 0) is 54.2 Å². The molecule has 1 aliphatic heterocycles. The molecule has 24 heavy (non-hydrogen) atoms. The molecule has 1 saturated heterocycles. The summed E-state index contributed by atoms with van der Waals surface area (Å²) >= 11 is 11.9. The number of hydrogen-bond donors (Lipinski definition) is 1. The lowest BCUT2D eigenvalue weighted by Crippen LogP contribution is -2.54. The standard InChI is InChI=1S/C17H10Br2N2O2S/c18-11-6-4-10(5-7-11)8-14-15(22)20-17(24)21(16(14)23)13-3-1-2-12(19)9-13/h1-9H,(H,20,22,24)/b14-8+. The van der Waals surface area contributed by atoms with E-state index in [9.17, 15) is 9.59 Å². The predicted molar refractivity (Wildman–Crippen MR) is 104 cm³/mol. The third kappa shape index (κ3) is 3.48. The summed E-state index contributed by atoms with van der Waals surface area (Å²) in [6.07, 6.45) is 1.55. The highest BCUT2D eigenvalue weighted by Crippen LogP contribution is 2.25. The number of halogens is 2. The van der Waals surface area contributed by atoms with E-state index in [1.165, 1.54) is 4.90 Å². The molecular formula is C17H10Br2N2O2S. The van der Waals surface area contributed by atoms with Crippen LogP contribution in [-0.4, -0.2) is 16.9 Å². The fourth-order valence-electron chi connectivity index (χ4n) is 2.23. The Bertz CT molecular complexity index is 878. The van der Waals surface area contributed by atoms with Crippen molar-refractivity contribution >= 4 is 72.8 Å². The summed E-state index contributed by atoms with van der Waals surface area (Å²) in [6, 6.07) is 14.5. The summed E-state index contributed by atoms with van der Waals surface area (Å²) in [4.78, 5) is 26.3. The SMILES string of the molecule is O=C1NC(=S)N(c2cccc(Br)c2)C(=O)/C1=C/c1ccc(Br)cc1. The van der Waals surface area contributed by atoms with Crippen LogP contribution in [0.15, 0.2) is 63.0 Å². The van der Waals surface area contributed by atoms with Crippen LogP contribution in [0.2, 0.25) is 0 Å². The van der Waals surface area contributed by atoms with Gasteiger partial charge in [0.2, 0.25) is 0 Å². The topological polar surface area (TPSA) is 49.4 Å². The number of anilines is 1. The molecule has 1 aliphatic rings. The Morgan fingerprint density at radius 3 is 2.38 bits per heavy atom. The maximum absolute atomic E-state index is 12.8. The summed E-state index contributed by atoms with van der Waals surface area (Å²) in [5.41, 5.74) is 1.37. The molecule has 2 aromatic rings. The first-order valence-electron chi connectivity index (χ1n) is 6.88. The molecule has 2 amide bonds. The zero-order valence-electron chi connectivity index (χ0n) is 12.1. The maximum Gasteiger partial charge on any atom is 0.270 e. The van der Waals surface area contributed by atoms with Crippen LogP contribution in [0.5, 0.6) is 0 Å². The van der Waals surface area contributed by atoms with E-state index in [0.717, 1.165) is 14.5 Å². The van der Waals surface area contributed by atoms with Crippen LogP contribution in [-0.2, 0) is 9.59 Å². The first-order chi connectivity index (χ1) is 11.5. The number of hydrogen-bond acceptors (Lipinski definition) is 3. The highest BCUT2D eigenvalue weighted by molar-refractivity contribution is 9.10. The van der Waals surface area contributed by atoms with Crippen molar-refractivity contribution in [2.45, 2.75) is 0 Å².